The lowest BCUT2D eigenvalue weighted by molar-refractivity contribution is 0.201. The highest BCUT2D eigenvalue weighted by atomic mass is 16.5. The van der Waals surface area contributed by atoms with E-state index in [0.29, 0.717) is 18.2 Å². The van der Waals surface area contributed by atoms with Gasteiger partial charge in [-0.15, -0.1) is 0 Å². The molecule has 2 aromatic rings. The van der Waals surface area contributed by atoms with Crippen LogP contribution >= 0.6 is 0 Å². The molecule has 1 N–H and O–H groups in total. The van der Waals surface area contributed by atoms with Crippen molar-refractivity contribution < 1.29 is 9.47 Å². The number of hydrogen-bond acceptors (Lipinski definition) is 4. The number of nitrogens with zero attached hydrogens (tertiary/aromatic N) is 1. The summed E-state index contributed by atoms with van der Waals surface area (Å²) in [5, 5.41) is 3.72. The first-order valence-corrected chi connectivity index (χ1v) is 10.6. The van der Waals surface area contributed by atoms with Gasteiger partial charge in [0.15, 0.2) is 11.5 Å². The molecule has 1 aliphatic carbocycles. The van der Waals surface area contributed by atoms with Crippen molar-refractivity contribution in [3.63, 3.8) is 0 Å². The molecule has 2 fully saturated rings. The van der Waals surface area contributed by atoms with E-state index < -0.39 is 0 Å². The predicted molar refractivity (Wildman–Crippen MR) is 115 cm³/mol. The zero-order valence-corrected chi connectivity index (χ0v) is 17.1. The van der Waals surface area contributed by atoms with E-state index in [2.05, 4.69) is 65.7 Å². The average molecular weight is 381 g/mol. The molecule has 150 valence electrons. The number of ether oxygens (including phenoxy) is 2. The van der Waals surface area contributed by atoms with Crippen LogP contribution in [0.3, 0.4) is 0 Å². The maximum atomic E-state index is 6.32. The maximum absolute atomic E-state index is 6.32. The molecule has 2 aromatic carbocycles. The molecule has 4 nitrogen and oxygen atoms in total. The number of piperazine rings is 1. The van der Waals surface area contributed by atoms with Gasteiger partial charge in [-0.3, -0.25) is 0 Å². The lowest BCUT2D eigenvalue weighted by Gasteiger charge is -2.40. The van der Waals surface area contributed by atoms with Gasteiger partial charge < -0.3 is 19.7 Å². The van der Waals surface area contributed by atoms with Crippen LogP contribution in [0.2, 0.25) is 0 Å². The van der Waals surface area contributed by atoms with Crippen molar-refractivity contribution in [2.45, 2.75) is 57.2 Å². The first-order chi connectivity index (χ1) is 13.7. The minimum Gasteiger partial charge on any atom is -0.493 e. The lowest BCUT2D eigenvalue weighted by atomic mass is 10.0. The zero-order valence-electron chi connectivity index (χ0n) is 17.1. The summed E-state index contributed by atoms with van der Waals surface area (Å²) in [4.78, 5) is 2.51. The fourth-order valence-corrected chi connectivity index (χ4v) is 4.45. The van der Waals surface area contributed by atoms with Crippen LogP contribution in [0.15, 0.2) is 48.5 Å². The summed E-state index contributed by atoms with van der Waals surface area (Å²) in [5.41, 5.74) is 2.61. The van der Waals surface area contributed by atoms with Gasteiger partial charge >= 0.3 is 0 Å². The summed E-state index contributed by atoms with van der Waals surface area (Å²) >= 11 is 0. The number of rotatable bonds is 6. The molecule has 2 atom stereocenters. The highest BCUT2D eigenvalue weighted by Crippen LogP contribution is 2.36. The molecule has 0 aromatic heterocycles. The maximum Gasteiger partial charge on any atom is 0.163 e. The van der Waals surface area contributed by atoms with E-state index in [4.69, 9.17) is 9.47 Å². The van der Waals surface area contributed by atoms with Gasteiger partial charge in [0.1, 0.15) is 0 Å². The second-order valence-corrected chi connectivity index (χ2v) is 8.16. The smallest absolute Gasteiger partial charge is 0.163 e. The molecule has 0 radical (unpaired) electrons. The minimum absolute atomic E-state index is 0.329. The highest BCUT2D eigenvalue weighted by Gasteiger charge is 2.26. The van der Waals surface area contributed by atoms with Crippen molar-refractivity contribution in [2.24, 2.45) is 0 Å². The molecule has 0 unspecified atom stereocenters. The van der Waals surface area contributed by atoms with Gasteiger partial charge in [-0.1, -0.05) is 30.3 Å². The van der Waals surface area contributed by atoms with Gasteiger partial charge in [0.05, 0.1) is 13.2 Å². The van der Waals surface area contributed by atoms with Gasteiger partial charge in [0.25, 0.3) is 0 Å². The van der Waals surface area contributed by atoms with Crippen LogP contribution < -0.4 is 19.7 Å². The molecule has 4 heteroatoms. The molecule has 2 aliphatic rings. The summed E-state index contributed by atoms with van der Waals surface area (Å²) in [7, 11) is 1.72. The van der Waals surface area contributed by atoms with Gasteiger partial charge in [0.2, 0.25) is 0 Å². The Morgan fingerprint density at radius 2 is 1.82 bits per heavy atom. The van der Waals surface area contributed by atoms with E-state index in [1.165, 1.54) is 24.1 Å². The minimum atomic E-state index is 0.329. The largest absolute Gasteiger partial charge is 0.493 e. The van der Waals surface area contributed by atoms with Crippen LogP contribution in [0.5, 0.6) is 11.5 Å². The van der Waals surface area contributed by atoms with Crippen LogP contribution in [-0.4, -0.2) is 38.4 Å². The van der Waals surface area contributed by atoms with Crippen molar-refractivity contribution in [1.29, 1.82) is 0 Å². The number of benzene rings is 2. The van der Waals surface area contributed by atoms with E-state index >= 15 is 0 Å². The molecule has 0 spiro atoms. The normalized spacial score (nSPS) is 23.0. The standard InChI is InChI=1S/C24H32N2O2/c1-18-16-25-20(14-19-8-4-3-5-9-19)17-26(18)21-12-13-23(27-2)24(15-21)28-22-10-6-7-11-22/h3-5,8-9,12-13,15,18,20,22,25H,6-7,10-11,14,16-17H2,1-2H3/t18-,20+/m1/s1. The van der Waals surface area contributed by atoms with E-state index in [-0.39, 0.29) is 0 Å². The fourth-order valence-electron chi connectivity index (χ4n) is 4.45. The van der Waals surface area contributed by atoms with Crippen LogP contribution in [0.25, 0.3) is 0 Å². The summed E-state index contributed by atoms with van der Waals surface area (Å²) in [6.45, 7) is 4.26. The monoisotopic (exact) mass is 380 g/mol. The Balaban J connectivity index is 1.50. The molecule has 1 heterocycles. The molecule has 28 heavy (non-hydrogen) atoms. The number of methoxy groups -OCH3 is 1. The van der Waals surface area contributed by atoms with Crippen molar-refractivity contribution in [3.05, 3.63) is 54.1 Å². The Labute approximate surface area is 168 Å². The Bertz CT molecular complexity index is 758. The fraction of sp³-hybridized carbons (Fsp3) is 0.500. The van der Waals surface area contributed by atoms with Crippen LogP contribution in [0.1, 0.15) is 38.2 Å². The van der Waals surface area contributed by atoms with Crippen molar-refractivity contribution >= 4 is 5.69 Å². The van der Waals surface area contributed by atoms with E-state index in [1.54, 1.807) is 7.11 Å². The molecule has 0 bridgehead atoms. The first kappa shape index (κ1) is 19.1. The number of nitrogens with one attached hydrogen (secondary N) is 1. The third-order valence-electron chi connectivity index (χ3n) is 6.05. The number of anilines is 1. The van der Waals surface area contributed by atoms with E-state index in [1.807, 2.05) is 0 Å². The second kappa shape index (κ2) is 8.87. The molecule has 4 rings (SSSR count). The third-order valence-corrected chi connectivity index (χ3v) is 6.05. The third kappa shape index (κ3) is 4.44. The molecule has 1 saturated carbocycles. The van der Waals surface area contributed by atoms with Crippen molar-refractivity contribution in [3.8, 4) is 11.5 Å². The van der Waals surface area contributed by atoms with Gasteiger partial charge in [-0.25, -0.2) is 0 Å². The van der Waals surface area contributed by atoms with Gasteiger partial charge in [-0.05, 0) is 56.7 Å². The van der Waals surface area contributed by atoms with Gasteiger partial charge in [0, 0.05) is 36.9 Å². The molecule has 1 aliphatic heterocycles. The van der Waals surface area contributed by atoms with Crippen LogP contribution in [0.4, 0.5) is 5.69 Å². The average Bonchev–Trinajstić information content (AvgIpc) is 3.23. The zero-order chi connectivity index (χ0) is 19.3. The summed E-state index contributed by atoms with van der Waals surface area (Å²) in [6, 6.07) is 18.0. The number of hydrogen-bond donors (Lipinski definition) is 1. The Morgan fingerprint density at radius 3 is 2.57 bits per heavy atom. The molecule has 1 saturated heterocycles. The van der Waals surface area contributed by atoms with Gasteiger partial charge in [-0.2, -0.15) is 0 Å². The van der Waals surface area contributed by atoms with Crippen molar-refractivity contribution in [1.82, 2.24) is 5.32 Å². The Hall–Kier alpha value is -2.20. The summed E-state index contributed by atoms with van der Waals surface area (Å²) in [6.07, 6.45) is 6.21. The van der Waals surface area contributed by atoms with Crippen LogP contribution in [0, 0.1) is 0 Å². The topological polar surface area (TPSA) is 33.7 Å². The Morgan fingerprint density at radius 1 is 1.04 bits per heavy atom. The Kier molecular flexibility index (Phi) is 6.06. The molecular formula is C24H32N2O2. The van der Waals surface area contributed by atoms with E-state index in [9.17, 15) is 0 Å². The lowest BCUT2D eigenvalue weighted by Crippen LogP contribution is -2.56. The summed E-state index contributed by atoms with van der Waals surface area (Å²) in [5.74, 6) is 1.72. The predicted octanol–water partition coefficient (Wildman–Crippen LogP) is 4.43. The van der Waals surface area contributed by atoms with Crippen molar-refractivity contribution in [2.75, 3.05) is 25.1 Å². The van der Waals surface area contributed by atoms with Crippen LogP contribution in [-0.2, 0) is 6.42 Å². The molecule has 0 amide bonds. The quantitative estimate of drug-likeness (QED) is 0.804. The summed E-state index contributed by atoms with van der Waals surface area (Å²) < 4.78 is 11.9. The highest BCUT2D eigenvalue weighted by molar-refractivity contribution is 5.57. The first-order valence-electron chi connectivity index (χ1n) is 10.6. The molecular weight excluding hydrogens is 348 g/mol. The van der Waals surface area contributed by atoms with E-state index in [0.717, 1.165) is 43.9 Å². The second-order valence-electron chi connectivity index (χ2n) is 8.16. The SMILES string of the molecule is COc1ccc(N2C[C@H](Cc3ccccc3)NC[C@H]2C)cc1OC1CCCC1.